The third-order valence-electron chi connectivity index (χ3n) is 4.44. The molecule has 136 valence electrons. The molecule has 0 bridgehead atoms. The molecule has 0 spiro atoms. The van der Waals surface area contributed by atoms with Gasteiger partial charge in [-0.25, -0.2) is 4.68 Å². The van der Waals surface area contributed by atoms with Crippen LogP contribution in [0.4, 0.5) is 11.6 Å². The van der Waals surface area contributed by atoms with Crippen LogP contribution in [0.3, 0.4) is 0 Å². The average molecular weight is 361 g/mol. The molecule has 2 aromatic carbocycles. The van der Waals surface area contributed by atoms with E-state index in [4.69, 9.17) is 0 Å². The highest BCUT2D eigenvalue weighted by Crippen LogP contribution is 2.36. The van der Waals surface area contributed by atoms with Crippen LogP contribution < -0.4 is 10.6 Å². The topological polar surface area (TPSA) is 92.1 Å². The molecule has 7 heteroatoms. The number of nitrogens with one attached hydrogen (secondary N) is 2. The number of phenols is 1. The number of aromatic nitrogens is 3. The number of anilines is 2. The zero-order chi connectivity index (χ0) is 19.0. The third kappa shape index (κ3) is 3.15. The third-order valence-corrected chi connectivity index (χ3v) is 4.44. The van der Waals surface area contributed by atoms with Crippen molar-refractivity contribution < 1.29 is 9.90 Å². The van der Waals surface area contributed by atoms with Crippen LogP contribution >= 0.6 is 0 Å². The first kappa shape index (κ1) is 16.8. The number of carbonyl (C=O) groups is 1. The molecule has 1 aliphatic heterocycles. The largest absolute Gasteiger partial charge is 0.508 e. The van der Waals surface area contributed by atoms with Gasteiger partial charge >= 0.3 is 0 Å². The molecular formula is C20H19N5O2. The van der Waals surface area contributed by atoms with E-state index in [9.17, 15) is 9.90 Å². The molecule has 27 heavy (non-hydrogen) atoms. The van der Waals surface area contributed by atoms with Gasteiger partial charge in [-0.3, -0.25) is 4.79 Å². The first-order valence-electron chi connectivity index (χ1n) is 8.59. The van der Waals surface area contributed by atoms with Crippen molar-refractivity contribution in [1.82, 2.24) is 14.8 Å². The molecule has 3 N–H and O–H groups in total. The van der Waals surface area contributed by atoms with Crippen LogP contribution in [-0.4, -0.2) is 25.8 Å². The van der Waals surface area contributed by atoms with Gasteiger partial charge in [0, 0.05) is 11.4 Å². The number of nitrogens with zero attached hydrogens (tertiary/aromatic N) is 3. The highest BCUT2D eigenvalue weighted by atomic mass is 16.3. The van der Waals surface area contributed by atoms with Crippen molar-refractivity contribution >= 4 is 17.5 Å². The normalized spacial score (nSPS) is 15.9. The molecule has 0 fully saturated rings. The average Bonchev–Trinajstić information content (AvgIpc) is 3.01. The summed E-state index contributed by atoms with van der Waals surface area (Å²) in [5.41, 5.74) is 2.80. The van der Waals surface area contributed by atoms with Crippen molar-refractivity contribution in [3.05, 3.63) is 77.3 Å². The molecule has 1 atom stereocenters. The SMILES string of the molecule is CC1=C(C(=O)Nc2ccccc2)[C@H](c2ccc(O)cc2)n2nc(C)nc2N1. The summed E-state index contributed by atoms with van der Waals surface area (Å²) in [5, 5.41) is 20.2. The first-order valence-corrected chi connectivity index (χ1v) is 8.59. The fourth-order valence-electron chi connectivity index (χ4n) is 3.24. The van der Waals surface area contributed by atoms with Crippen LogP contribution in [-0.2, 0) is 4.79 Å². The Morgan fingerprint density at radius 1 is 1.11 bits per heavy atom. The van der Waals surface area contributed by atoms with Gasteiger partial charge in [0.2, 0.25) is 5.95 Å². The maximum Gasteiger partial charge on any atom is 0.255 e. The zero-order valence-electron chi connectivity index (χ0n) is 15.0. The molecule has 4 rings (SSSR count). The number of hydrogen-bond donors (Lipinski definition) is 3. The molecule has 2 heterocycles. The second kappa shape index (κ2) is 6.60. The quantitative estimate of drug-likeness (QED) is 0.666. The summed E-state index contributed by atoms with van der Waals surface area (Å²) in [6.45, 7) is 3.65. The lowest BCUT2D eigenvalue weighted by atomic mass is 9.95. The van der Waals surface area contributed by atoms with E-state index in [-0.39, 0.29) is 11.7 Å². The molecule has 0 saturated carbocycles. The summed E-state index contributed by atoms with van der Waals surface area (Å²) < 4.78 is 1.70. The van der Waals surface area contributed by atoms with Crippen molar-refractivity contribution in [2.75, 3.05) is 10.6 Å². The molecule has 1 aromatic heterocycles. The Balaban J connectivity index is 1.79. The Bertz CT molecular complexity index is 1020. The Morgan fingerprint density at radius 3 is 2.52 bits per heavy atom. The molecule has 1 aliphatic rings. The van der Waals surface area contributed by atoms with E-state index in [1.165, 1.54) is 0 Å². The molecule has 1 amide bonds. The van der Waals surface area contributed by atoms with Crippen LogP contribution in [0.1, 0.15) is 24.4 Å². The van der Waals surface area contributed by atoms with E-state index in [1.54, 1.807) is 35.9 Å². The van der Waals surface area contributed by atoms with Crippen LogP contribution in [0.5, 0.6) is 5.75 Å². The number of hydrogen-bond acceptors (Lipinski definition) is 5. The predicted octanol–water partition coefficient (Wildman–Crippen LogP) is 3.22. The van der Waals surface area contributed by atoms with E-state index >= 15 is 0 Å². The van der Waals surface area contributed by atoms with E-state index < -0.39 is 6.04 Å². The molecule has 0 unspecified atom stereocenters. The molecule has 3 aromatic rings. The smallest absolute Gasteiger partial charge is 0.255 e. The number of fused-ring (bicyclic) bond motifs is 1. The number of phenolic OH excluding ortho intramolecular Hbond substituents is 1. The lowest BCUT2D eigenvalue weighted by Gasteiger charge is -2.28. The fraction of sp³-hybridized carbons (Fsp3) is 0.150. The van der Waals surface area contributed by atoms with Gasteiger partial charge in [0.05, 0.1) is 5.57 Å². The Labute approximate surface area is 156 Å². The maximum absolute atomic E-state index is 13.1. The number of para-hydroxylation sites is 1. The summed E-state index contributed by atoms with van der Waals surface area (Å²) >= 11 is 0. The highest BCUT2D eigenvalue weighted by molar-refractivity contribution is 6.06. The molecule has 0 radical (unpaired) electrons. The predicted molar refractivity (Wildman–Crippen MR) is 102 cm³/mol. The summed E-state index contributed by atoms with van der Waals surface area (Å²) in [4.78, 5) is 17.5. The Kier molecular flexibility index (Phi) is 4.12. The van der Waals surface area contributed by atoms with Crippen molar-refractivity contribution in [3.8, 4) is 5.75 Å². The second-order valence-corrected chi connectivity index (χ2v) is 6.41. The highest BCUT2D eigenvalue weighted by Gasteiger charge is 2.33. The number of amides is 1. The van der Waals surface area contributed by atoms with E-state index in [0.717, 1.165) is 5.56 Å². The van der Waals surface area contributed by atoms with Gasteiger partial charge in [-0.2, -0.15) is 10.1 Å². The molecule has 7 nitrogen and oxygen atoms in total. The zero-order valence-corrected chi connectivity index (χ0v) is 15.0. The van der Waals surface area contributed by atoms with Gasteiger partial charge in [0.1, 0.15) is 17.6 Å². The van der Waals surface area contributed by atoms with Crippen LogP contribution in [0.25, 0.3) is 0 Å². The van der Waals surface area contributed by atoms with Gasteiger partial charge in [-0.15, -0.1) is 0 Å². The first-order chi connectivity index (χ1) is 13.0. The minimum absolute atomic E-state index is 0.165. The number of rotatable bonds is 3. The van der Waals surface area contributed by atoms with E-state index in [0.29, 0.717) is 28.7 Å². The van der Waals surface area contributed by atoms with E-state index in [2.05, 4.69) is 20.7 Å². The monoisotopic (exact) mass is 361 g/mol. The van der Waals surface area contributed by atoms with Gasteiger partial charge in [0.25, 0.3) is 5.91 Å². The lowest BCUT2D eigenvalue weighted by Crippen LogP contribution is -2.31. The van der Waals surface area contributed by atoms with Crippen LogP contribution in [0.15, 0.2) is 65.9 Å². The minimum Gasteiger partial charge on any atom is -0.508 e. The summed E-state index contributed by atoms with van der Waals surface area (Å²) in [6.07, 6.45) is 0. The van der Waals surface area contributed by atoms with E-state index in [1.807, 2.05) is 37.3 Å². The van der Waals surface area contributed by atoms with Gasteiger partial charge in [-0.1, -0.05) is 30.3 Å². The number of benzene rings is 2. The second-order valence-electron chi connectivity index (χ2n) is 6.41. The molecule has 0 saturated heterocycles. The van der Waals surface area contributed by atoms with Crippen molar-refractivity contribution in [3.63, 3.8) is 0 Å². The van der Waals surface area contributed by atoms with Crippen LogP contribution in [0, 0.1) is 6.92 Å². The lowest BCUT2D eigenvalue weighted by molar-refractivity contribution is -0.113. The van der Waals surface area contributed by atoms with Gasteiger partial charge in [0.15, 0.2) is 0 Å². The van der Waals surface area contributed by atoms with Gasteiger partial charge < -0.3 is 15.7 Å². The number of aryl methyl sites for hydroxylation is 1. The summed E-state index contributed by atoms with van der Waals surface area (Å²) in [5.74, 6) is 1.14. The summed E-state index contributed by atoms with van der Waals surface area (Å²) in [7, 11) is 0. The molecule has 0 aliphatic carbocycles. The number of aromatic hydroxyl groups is 1. The number of allylic oxidation sites excluding steroid dienone is 1. The van der Waals surface area contributed by atoms with Crippen molar-refractivity contribution in [2.24, 2.45) is 0 Å². The standard InChI is InChI=1S/C20H19N5O2/c1-12-17(19(27)23-15-6-4-3-5-7-15)18(14-8-10-16(26)11-9-14)25-20(21-12)22-13(2)24-25/h3-11,18,26H,1-2H3,(H,23,27)(H,21,22,24)/t18-/m0/s1. The van der Waals surface area contributed by atoms with Crippen molar-refractivity contribution in [1.29, 1.82) is 0 Å². The number of carbonyl (C=O) groups excluding carboxylic acids is 1. The Hall–Kier alpha value is -3.61. The maximum atomic E-state index is 13.1. The summed E-state index contributed by atoms with van der Waals surface area (Å²) in [6, 6.07) is 15.6. The minimum atomic E-state index is -0.452. The fourth-order valence-corrected chi connectivity index (χ4v) is 3.24. The Morgan fingerprint density at radius 2 is 1.81 bits per heavy atom. The van der Waals surface area contributed by atoms with Gasteiger partial charge in [-0.05, 0) is 43.7 Å². The van der Waals surface area contributed by atoms with Crippen molar-refractivity contribution in [2.45, 2.75) is 19.9 Å². The van der Waals surface area contributed by atoms with Crippen LogP contribution in [0.2, 0.25) is 0 Å². The molecular weight excluding hydrogens is 342 g/mol.